The van der Waals surface area contributed by atoms with Crippen LogP contribution in [-0.4, -0.2) is 24.9 Å². The van der Waals surface area contributed by atoms with Gasteiger partial charge in [0.15, 0.2) is 11.5 Å². The molecule has 1 aliphatic heterocycles. The minimum atomic E-state index is -0.878. The number of ether oxygens (including phenoxy) is 3. The first kappa shape index (κ1) is 14.9. The molecule has 23 heavy (non-hydrogen) atoms. The van der Waals surface area contributed by atoms with Crippen molar-refractivity contribution in [3.8, 4) is 17.2 Å². The van der Waals surface area contributed by atoms with Gasteiger partial charge in [-0.3, -0.25) is 10.1 Å². The largest absolute Gasteiger partial charge is 0.492 e. The summed E-state index contributed by atoms with van der Waals surface area (Å²) in [4.78, 5) is 10.1. The Labute approximate surface area is 130 Å². The van der Waals surface area contributed by atoms with E-state index < -0.39 is 16.4 Å². The molecule has 2 aromatic carbocycles. The van der Waals surface area contributed by atoms with Crippen LogP contribution in [0.2, 0.25) is 0 Å². The number of para-hydroxylation sites is 1. The van der Waals surface area contributed by atoms with Gasteiger partial charge in [0.05, 0.1) is 4.92 Å². The van der Waals surface area contributed by atoms with Crippen molar-refractivity contribution < 1.29 is 23.5 Å². The molecule has 0 saturated carbocycles. The molecule has 0 aliphatic carbocycles. The summed E-state index contributed by atoms with van der Waals surface area (Å²) < 4.78 is 29.4. The third-order valence-electron chi connectivity index (χ3n) is 3.20. The molecule has 1 heterocycles. The second-order valence-electron chi connectivity index (χ2n) is 4.68. The van der Waals surface area contributed by atoms with Gasteiger partial charge in [0.2, 0.25) is 12.6 Å². The number of hydrogen-bond acceptors (Lipinski definition) is 6. The van der Waals surface area contributed by atoms with E-state index >= 15 is 0 Å². The molecule has 1 aliphatic rings. The summed E-state index contributed by atoms with van der Waals surface area (Å²) in [6, 6.07) is 9.07. The van der Waals surface area contributed by atoms with Crippen molar-refractivity contribution in [2.45, 2.75) is 0 Å². The Hall–Kier alpha value is -3.03. The SMILES string of the molecule is O=[N+]([O-])c1c(F)cccc1NCCOc1ccc2c(c1)OCO2. The highest BCUT2D eigenvalue weighted by molar-refractivity contribution is 5.61. The molecule has 0 fully saturated rings. The normalized spacial score (nSPS) is 12.0. The zero-order valence-corrected chi connectivity index (χ0v) is 12.0. The lowest BCUT2D eigenvalue weighted by Crippen LogP contribution is -2.13. The molecular weight excluding hydrogens is 307 g/mol. The van der Waals surface area contributed by atoms with Crippen LogP contribution in [-0.2, 0) is 0 Å². The highest BCUT2D eigenvalue weighted by Gasteiger charge is 2.19. The number of anilines is 1. The molecule has 0 amide bonds. The molecule has 2 aromatic rings. The van der Waals surface area contributed by atoms with Gasteiger partial charge in [-0.25, -0.2) is 0 Å². The molecule has 0 saturated heterocycles. The predicted octanol–water partition coefficient (Wildman–Crippen LogP) is 2.95. The van der Waals surface area contributed by atoms with Crippen molar-refractivity contribution >= 4 is 11.4 Å². The Morgan fingerprint density at radius 1 is 1.26 bits per heavy atom. The molecule has 0 spiro atoms. The van der Waals surface area contributed by atoms with Crippen molar-refractivity contribution in [3.05, 3.63) is 52.3 Å². The number of fused-ring (bicyclic) bond motifs is 1. The lowest BCUT2D eigenvalue weighted by Gasteiger charge is -2.09. The summed E-state index contributed by atoms with van der Waals surface area (Å²) in [5.74, 6) is 0.976. The third-order valence-corrected chi connectivity index (χ3v) is 3.20. The summed E-state index contributed by atoms with van der Waals surface area (Å²) in [6.07, 6.45) is 0. The van der Waals surface area contributed by atoms with E-state index in [9.17, 15) is 14.5 Å². The highest BCUT2D eigenvalue weighted by atomic mass is 19.1. The van der Waals surface area contributed by atoms with E-state index in [4.69, 9.17) is 14.2 Å². The summed E-state index contributed by atoms with van der Waals surface area (Å²) in [7, 11) is 0. The average Bonchev–Trinajstić information content (AvgIpc) is 2.99. The molecule has 0 bridgehead atoms. The molecule has 120 valence electrons. The van der Waals surface area contributed by atoms with Gasteiger partial charge in [-0.05, 0) is 24.3 Å². The molecular formula is C15H13FN2O5. The zero-order chi connectivity index (χ0) is 16.2. The third kappa shape index (κ3) is 3.25. The maximum absolute atomic E-state index is 13.5. The van der Waals surface area contributed by atoms with E-state index in [2.05, 4.69) is 5.32 Å². The molecule has 1 N–H and O–H groups in total. The minimum absolute atomic E-state index is 0.115. The van der Waals surface area contributed by atoms with Crippen molar-refractivity contribution in [1.29, 1.82) is 0 Å². The maximum atomic E-state index is 13.5. The van der Waals surface area contributed by atoms with Crippen LogP contribution in [0.5, 0.6) is 17.2 Å². The van der Waals surface area contributed by atoms with Crippen molar-refractivity contribution in [2.24, 2.45) is 0 Å². The first-order valence-electron chi connectivity index (χ1n) is 6.84. The number of halogens is 1. The maximum Gasteiger partial charge on any atom is 0.327 e. The first-order valence-corrected chi connectivity index (χ1v) is 6.84. The van der Waals surface area contributed by atoms with Crippen LogP contribution in [0, 0.1) is 15.9 Å². The topological polar surface area (TPSA) is 82.9 Å². The lowest BCUT2D eigenvalue weighted by atomic mass is 10.2. The van der Waals surface area contributed by atoms with Crippen LogP contribution >= 0.6 is 0 Å². The fourth-order valence-electron chi connectivity index (χ4n) is 2.16. The zero-order valence-electron chi connectivity index (χ0n) is 12.0. The molecule has 8 heteroatoms. The average molecular weight is 320 g/mol. The smallest absolute Gasteiger partial charge is 0.327 e. The standard InChI is InChI=1S/C15H13FN2O5/c16-11-2-1-3-12(15(11)18(19)20)17-6-7-21-10-4-5-13-14(8-10)23-9-22-13/h1-5,8,17H,6-7,9H2. The quantitative estimate of drug-likeness (QED) is 0.500. The van der Waals surface area contributed by atoms with E-state index in [1.807, 2.05) is 0 Å². The number of nitro groups is 1. The number of nitro benzene ring substituents is 1. The Bertz CT molecular complexity index is 738. The van der Waals surface area contributed by atoms with Crippen LogP contribution in [0.4, 0.5) is 15.8 Å². The van der Waals surface area contributed by atoms with Crippen molar-refractivity contribution in [2.75, 3.05) is 25.3 Å². The van der Waals surface area contributed by atoms with Gasteiger partial charge in [-0.15, -0.1) is 0 Å². The Morgan fingerprint density at radius 3 is 2.91 bits per heavy atom. The summed E-state index contributed by atoms with van der Waals surface area (Å²) in [5, 5.41) is 13.7. The molecule has 0 unspecified atom stereocenters. The Morgan fingerprint density at radius 2 is 2.09 bits per heavy atom. The summed E-state index contributed by atoms with van der Waals surface area (Å²) >= 11 is 0. The van der Waals surface area contributed by atoms with Crippen LogP contribution in [0.15, 0.2) is 36.4 Å². The molecule has 0 atom stereocenters. The lowest BCUT2D eigenvalue weighted by molar-refractivity contribution is -0.386. The first-order chi connectivity index (χ1) is 11.1. The Balaban J connectivity index is 1.56. The minimum Gasteiger partial charge on any atom is -0.492 e. The van der Waals surface area contributed by atoms with Gasteiger partial charge in [-0.1, -0.05) is 6.07 Å². The number of nitrogens with one attached hydrogen (secondary N) is 1. The van der Waals surface area contributed by atoms with E-state index in [1.54, 1.807) is 18.2 Å². The van der Waals surface area contributed by atoms with Crippen molar-refractivity contribution in [1.82, 2.24) is 0 Å². The van der Waals surface area contributed by atoms with Crippen molar-refractivity contribution in [3.63, 3.8) is 0 Å². The van der Waals surface area contributed by atoms with E-state index in [-0.39, 0.29) is 25.6 Å². The Kier molecular flexibility index (Phi) is 4.13. The second kappa shape index (κ2) is 6.39. The molecule has 3 rings (SSSR count). The number of rotatable bonds is 6. The highest BCUT2D eigenvalue weighted by Crippen LogP contribution is 2.35. The van der Waals surface area contributed by atoms with E-state index in [0.717, 1.165) is 6.07 Å². The molecule has 7 nitrogen and oxygen atoms in total. The van der Waals surface area contributed by atoms with E-state index in [1.165, 1.54) is 12.1 Å². The van der Waals surface area contributed by atoms with Gasteiger partial charge in [0, 0.05) is 12.6 Å². The monoisotopic (exact) mass is 320 g/mol. The summed E-state index contributed by atoms with van der Waals surface area (Å²) in [5.41, 5.74) is -0.458. The number of nitrogens with zero attached hydrogens (tertiary/aromatic N) is 1. The number of hydrogen-bond donors (Lipinski definition) is 1. The number of benzene rings is 2. The predicted molar refractivity (Wildman–Crippen MR) is 79.6 cm³/mol. The fraction of sp³-hybridized carbons (Fsp3) is 0.200. The van der Waals surface area contributed by atoms with Crippen LogP contribution in [0.1, 0.15) is 0 Å². The van der Waals surface area contributed by atoms with Crippen LogP contribution in [0.3, 0.4) is 0 Å². The van der Waals surface area contributed by atoms with E-state index in [0.29, 0.717) is 17.2 Å². The molecule has 0 aromatic heterocycles. The van der Waals surface area contributed by atoms with Crippen LogP contribution < -0.4 is 19.5 Å². The molecule has 0 radical (unpaired) electrons. The fourth-order valence-corrected chi connectivity index (χ4v) is 2.16. The van der Waals surface area contributed by atoms with Gasteiger partial charge in [-0.2, -0.15) is 4.39 Å². The van der Waals surface area contributed by atoms with Gasteiger partial charge >= 0.3 is 5.69 Å². The van der Waals surface area contributed by atoms with Crippen LogP contribution in [0.25, 0.3) is 0 Å². The van der Waals surface area contributed by atoms with Gasteiger partial charge in [0.25, 0.3) is 0 Å². The van der Waals surface area contributed by atoms with Gasteiger partial charge in [0.1, 0.15) is 18.0 Å². The van der Waals surface area contributed by atoms with Gasteiger partial charge < -0.3 is 19.5 Å². The second-order valence-corrected chi connectivity index (χ2v) is 4.68. The summed E-state index contributed by atoms with van der Waals surface area (Å²) in [6.45, 7) is 0.704.